The maximum atomic E-state index is 12.3. The number of aromatic amines is 1. The Labute approximate surface area is 160 Å². The average Bonchev–Trinajstić information content (AvgIpc) is 3.41. The number of amides is 1. The second-order valence-electron chi connectivity index (χ2n) is 5.94. The fourth-order valence-corrected chi connectivity index (χ4v) is 4.89. The Morgan fingerprint density at radius 2 is 2.15 bits per heavy atom. The van der Waals surface area contributed by atoms with Crippen LogP contribution in [0.5, 0.6) is 0 Å². The average molecular weight is 386 g/mol. The van der Waals surface area contributed by atoms with E-state index in [4.69, 9.17) is 4.42 Å². The fraction of sp³-hybridized carbons (Fsp3) is 0.263. The number of aromatic nitrogens is 2. The van der Waals surface area contributed by atoms with Gasteiger partial charge in [-0.05, 0) is 12.1 Å². The lowest BCUT2D eigenvalue weighted by molar-refractivity contribution is -0.127. The van der Waals surface area contributed by atoms with Crippen molar-refractivity contribution in [3.05, 3.63) is 66.4 Å². The van der Waals surface area contributed by atoms with E-state index < -0.39 is 0 Å². The third kappa shape index (κ3) is 3.83. The monoisotopic (exact) mass is 385 g/mol. The first-order valence-electron chi connectivity index (χ1n) is 8.43. The molecule has 1 amide bonds. The highest BCUT2D eigenvalue weighted by Gasteiger charge is 2.33. The number of carbonyl (C=O) groups excluding carboxylic acids is 1. The number of nitrogens with zero attached hydrogens (tertiary/aromatic N) is 2. The van der Waals surface area contributed by atoms with E-state index in [-0.39, 0.29) is 11.3 Å². The molecule has 134 valence electrons. The molecule has 1 aliphatic heterocycles. The van der Waals surface area contributed by atoms with Gasteiger partial charge >= 0.3 is 0 Å². The molecule has 0 spiro atoms. The highest BCUT2D eigenvalue weighted by molar-refractivity contribution is 8.00. The van der Waals surface area contributed by atoms with Crippen LogP contribution in [0.1, 0.15) is 16.8 Å². The van der Waals surface area contributed by atoms with Crippen LogP contribution < -0.4 is 0 Å². The first-order valence-corrected chi connectivity index (χ1v) is 10.6. The van der Waals surface area contributed by atoms with Crippen molar-refractivity contribution in [1.29, 1.82) is 0 Å². The van der Waals surface area contributed by atoms with Crippen LogP contribution in [0.25, 0.3) is 11.4 Å². The van der Waals surface area contributed by atoms with E-state index in [0.717, 1.165) is 40.9 Å². The molecule has 0 saturated carbocycles. The van der Waals surface area contributed by atoms with Crippen LogP contribution in [-0.4, -0.2) is 38.8 Å². The van der Waals surface area contributed by atoms with Crippen molar-refractivity contribution in [1.82, 2.24) is 14.9 Å². The topological polar surface area (TPSA) is 62.1 Å². The van der Waals surface area contributed by atoms with Gasteiger partial charge in [-0.3, -0.25) is 4.79 Å². The van der Waals surface area contributed by atoms with Crippen molar-refractivity contribution in [2.24, 2.45) is 0 Å². The van der Waals surface area contributed by atoms with Gasteiger partial charge in [0.25, 0.3) is 0 Å². The Hall–Kier alpha value is -2.12. The minimum Gasteiger partial charge on any atom is -0.468 e. The van der Waals surface area contributed by atoms with Gasteiger partial charge in [-0.25, -0.2) is 4.98 Å². The van der Waals surface area contributed by atoms with Crippen molar-refractivity contribution < 1.29 is 9.21 Å². The van der Waals surface area contributed by atoms with E-state index in [9.17, 15) is 4.79 Å². The summed E-state index contributed by atoms with van der Waals surface area (Å²) in [4.78, 5) is 22.1. The molecule has 4 rings (SSSR count). The summed E-state index contributed by atoms with van der Waals surface area (Å²) in [6, 6.07) is 13.9. The van der Waals surface area contributed by atoms with Crippen molar-refractivity contribution in [2.45, 2.75) is 11.1 Å². The Kier molecular flexibility index (Phi) is 5.36. The number of hydrogen-bond donors (Lipinski definition) is 1. The Morgan fingerprint density at radius 3 is 2.96 bits per heavy atom. The molecule has 1 unspecified atom stereocenters. The van der Waals surface area contributed by atoms with Crippen molar-refractivity contribution in [3.63, 3.8) is 0 Å². The number of carbonyl (C=O) groups is 1. The first-order chi connectivity index (χ1) is 12.8. The zero-order valence-corrected chi connectivity index (χ0v) is 15.8. The van der Waals surface area contributed by atoms with E-state index in [1.54, 1.807) is 29.8 Å². The molecule has 1 N–H and O–H groups in total. The quantitative estimate of drug-likeness (QED) is 0.618. The zero-order chi connectivity index (χ0) is 17.8. The minimum absolute atomic E-state index is 0.0108. The Bertz CT molecular complexity index is 849. The molecule has 0 aliphatic carbocycles. The van der Waals surface area contributed by atoms with Crippen LogP contribution in [0.2, 0.25) is 0 Å². The predicted molar refractivity (Wildman–Crippen MR) is 106 cm³/mol. The van der Waals surface area contributed by atoms with E-state index >= 15 is 0 Å². The molecule has 1 aromatic carbocycles. The van der Waals surface area contributed by atoms with Gasteiger partial charge in [0.1, 0.15) is 17.0 Å². The molecule has 0 bridgehead atoms. The van der Waals surface area contributed by atoms with Gasteiger partial charge in [-0.15, -0.1) is 11.8 Å². The number of benzene rings is 1. The number of nitrogens with one attached hydrogen (secondary N) is 1. The number of furan rings is 1. The SMILES string of the molecule is O=C1CSC(c2cnc(-c3ccccc3)[nH]2)N1CCSCc1ccco1. The maximum Gasteiger partial charge on any atom is 0.233 e. The molecule has 3 heterocycles. The standard InChI is InChI=1S/C19H19N3O2S2/c23-17-13-26-19(22(17)8-10-25-12-15-7-4-9-24-15)16-11-20-18(21-16)14-5-2-1-3-6-14/h1-7,9,11,19H,8,10,12-13H2,(H,20,21). The number of rotatable bonds is 7. The molecule has 5 nitrogen and oxygen atoms in total. The van der Waals surface area contributed by atoms with Gasteiger partial charge < -0.3 is 14.3 Å². The van der Waals surface area contributed by atoms with Crippen LogP contribution in [0.15, 0.2) is 59.3 Å². The van der Waals surface area contributed by atoms with Gasteiger partial charge in [-0.2, -0.15) is 11.8 Å². The molecule has 1 aliphatic rings. The van der Waals surface area contributed by atoms with Crippen LogP contribution in [0, 0.1) is 0 Å². The molecule has 26 heavy (non-hydrogen) atoms. The third-order valence-electron chi connectivity index (χ3n) is 4.18. The number of hydrogen-bond acceptors (Lipinski definition) is 5. The minimum atomic E-state index is 0.0108. The molecular weight excluding hydrogens is 366 g/mol. The van der Waals surface area contributed by atoms with E-state index in [1.807, 2.05) is 53.6 Å². The predicted octanol–water partition coefficient (Wildman–Crippen LogP) is 4.18. The molecule has 0 radical (unpaired) electrons. The van der Waals surface area contributed by atoms with Gasteiger partial charge in [0.2, 0.25) is 5.91 Å². The highest BCUT2D eigenvalue weighted by Crippen LogP contribution is 2.38. The number of imidazole rings is 1. The normalized spacial score (nSPS) is 17.2. The summed E-state index contributed by atoms with van der Waals surface area (Å²) in [6.07, 6.45) is 3.54. The lowest BCUT2D eigenvalue weighted by Gasteiger charge is -2.22. The van der Waals surface area contributed by atoms with Crippen LogP contribution >= 0.6 is 23.5 Å². The smallest absolute Gasteiger partial charge is 0.233 e. The number of H-pyrrole nitrogens is 1. The van der Waals surface area contributed by atoms with Gasteiger partial charge in [0, 0.05) is 17.9 Å². The Balaban J connectivity index is 1.39. The summed E-state index contributed by atoms with van der Waals surface area (Å²) in [5, 5.41) is 0.0108. The molecule has 7 heteroatoms. The largest absolute Gasteiger partial charge is 0.468 e. The third-order valence-corrected chi connectivity index (χ3v) is 6.38. The van der Waals surface area contributed by atoms with Crippen LogP contribution in [0.3, 0.4) is 0 Å². The Morgan fingerprint density at radius 1 is 1.27 bits per heavy atom. The summed E-state index contributed by atoms with van der Waals surface area (Å²) in [5.74, 6) is 4.22. The molecule has 1 fully saturated rings. The molecular formula is C19H19N3O2S2. The number of thioether (sulfide) groups is 2. The summed E-state index contributed by atoms with van der Waals surface area (Å²) in [7, 11) is 0. The molecule has 1 atom stereocenters. The molecule has 3 aromatic rings. The lowest BCUT2D eigenvalue weighted by Crippen LogP contribution is -2.30. The van der Waals surface area contributed by atoms with Gasteiger partial charge in [0.15, 0.2) is 0 Å². The van der Waals surface area contributed by atoms with Crippen molar-refractivity contribution in [3.8, 4) is 11.4 Å². The summed E-state index contributed by atoms with van der Waals surface area (Å²) in [6.45, 7) is 0.724. The highest BCUT2D eigenvalue weighted by atomic mass is 32.2. The first kappa shape index (κ1) is 17.3. The van der Waals surface area contributed by atoms with E-state index in [1.165, 1.54) is 0 Å². The summed E-state index contributed by atoms with van der Waals surface area (Å²) < 4.78 is 5.34. The van der Waals surface area contributed by atoms with Gasteiger partial charge in [0.05, 0.1) is 29.7 Å². The maximum absolute atomic E-state index is 12.3. The van der Waals surface area contributed by atoms with E-state index in [2.05, 4.69) is 9.97 Å². The fourth-order valence-electron chi connectivity index (χ4n) is 2.89. The van der Waals surface area contributed by atoms with E-state index in [0.29, 0.717) is 5.75 Å². The van der Waals surface area contributed by atoms with Crippen LogP contribution in [-0.2, 0) is 10.5 Å². The zero-order valence-electron chi connectivity index (χ0n) is 14.1. The summed E-state index contributed by atoms with van der Waals surface area (Å²) in [5.41, 5.74) is 2.03. The second-order valence-corrected chi connectivity index (χ2v) is 8.11. The van der Waals surface area contributed by atoms with Crippen molar-refractivity contribution >= 4 is 29.4 Å². The summed E-state index contributed by atoms with van der Waals surface area (Å²) >= 11 is 3.43. The second kappa shape index (κ2) is 8.05. The van der Waals surface area contributed by atoms with Crippen molar-refractivity contribution in [2.75, 3.05) is 18.1 Å². The van der Waals surface area contributed by atoms with Crippen LogP contribution in [0.4, 0.5) is 0 Å². The lowest BCUT2D eigenvalue weighted by atomic mass is 10.2. The molecule has 2 aromatic heterocycles. The molecule has 1 saturated heterocycles. The van der Waals surface area contributed by atoms with Gasteiger partial charge in [-0.1, -0.05) is 30.3 Å².